The average Bonchev–Trinajstić information content (AvgIpc) is 2.03. The minimum atomic E-state index is -1.18. The Kier molecular flexibility index (Phi) is 6.64. The monoisotopic (exact) mass is 178 g/mol. The van der Waals surface area contributed by atoms with Gasteiger partial charge in [0.25, 0.3) is 6.29 Å². The molecule has 1 N–H and O–H groups in total. The van der Waals surface area contributed by atoms with Gasteiger partial charge >= 0.3 is 5.97 Å². The maximum Gasteiger partial charge on any atom is 0.361 e. The van der Waals surface area contributed by atoms with Crippen LogP contribution in [0.1, 0.15) is 6.92 Å². The van der Waals surface area contributed by atoms with Gasteiger partial charge < -0.3 is 19.3 Å². The van der Waals surface area contributed by atoms with Crippen LogP contribution < -0.4 is 0 Å². The number of hydrogen-bond acceptors (Lipinski definition) is 4. The number of hydrogen-bond donors (Lipinski definition) is 1. The topological polar surface area (TPSA) is 65.0 Å². The van der Waals surface area contributed by atoms with Crippen molar-refractivity contribution in [1.82, 2.24) is 0 Å². The first kappa shape index (κ1) is 11.4. The van der Waals surface area contributed by atoms with E-state index in [1.54, 1.807) is 6.92 Å². The Morgan fingerprint density at radius 3 is 2.50 bits per heavy atom. The summed E-state index contributed by atoms with van der Waals surface area (Å²) in [6.07, 6.45) is -1.18. The van der Waals surface area contributed by atoms with Gasteiger partial charge in [-0.05, 0) is 6.92 Å². The molecule has 0 aliphatic heterocycles. The van der Waals surface area contributed by atoms with Crippen LogP contribution in [0, 0.1) is 0 Å². The molecule has 0 bridgehead atoms. The Hall–Kier alpha value is -0.650. The fourth-order valence-corrected chi connectivity index (χ4v) is 0.581. The fraction of sp³-hybridized carbons (Fsp3) is 0.857. The molecule has 0 saturated heterocycles. The first-order valence-electron chi connectivity index (χ1n) is 3.67. The predicted octanol–water partition coefficient (Wildman–Crippen LogP) is 0.0966. The molecule has 0 aromatic rings. The minimum absolute atomic E-state index is 0.216. The van der Waals surface area contributed by atoms with Crippen molar-refractivity contribution in [2.45, 2.75) is 13.2 Å². The molecule has 0 heterocycles. The number of rotatable bonds is 7. The molecule has 0 fully saturated rings. The second kappa shape index (κ2) is 7.02. The summed E-state index contributed by atoms with van der Waals surface area (Å²) in [5, 5.41) is 8.51. The van der Waals surface area contributed by atoms with Crippen molar-refractivity contribution in [3.8, 4) is 0 Å². The first-order valence-corrected chi connectivity index (χ1v) is 3.67. The highest BCUT2D eigenvalue weighted by molar-refractivity contribution is 5.70. The molecule has 1 unspecified atom stereocenters. The zero-order chi connectivity index (χ0) is 9.40. The van der Waals surface area contributed by atoms with Gasteiger partial charge in [-0.1, -0.05) is 0 Å². The Morgan fingerprint density at radius 2 is 2.08 bits per heavy atom. The standard InChI is InChI=1S/C7H14O5/c1-3-11-7(6(8)9)12-5-4-10-2/h7H,3-5H2,1-2H3,(H,8,9). The van der Waals surface area contributed by atoms with E-state index in [1.165, 1.54) is 7.11 Å². The zero-order valence-corrected chi connectivity index (χ0v) is 7.28. The SMILES string of the molecule is CCOC(OCCOC)C(=O)O. The lowest BCUT2D eigenvalue weighted by molar-refractivity contribution is -0.190. The normalized spacial score (nSPS) is 12.8. The molecule has 12 heavy (non-hydrogen) atoms. The molecular formula is C7H14O5. The van der Waals surface area contributed by atoms with Gasteiger partial charge in [-0.2, -0.15) is 0 Å². The molecule has 1 atom stereocenters. The molecule has 0 radical (unpaired) electrons. The Morgan fingerprint density at radius 1 is 1.42 bits per heavy atom. The van der Waals surface area contributed by atoms with Crippen LogP contribution in [0.15, 0.2) is 0 Å². The van der Waals surface area contributed by atoms with Crippen LogP contribution in [0.2, 0.25) is 0 Å². The lowest BCUT2D eigenvalue weighted by atomic mass is 10.6. The second-order valence-corrected chi connectivity index (χ2v) is 1.99. The molecule has 0 spiro atoms. The molecule has 0 rings (SSSR count). The van der Waals surface area contributed by atoms with Gasteiger partial charge in [0.2, 0.25) is 0 Å². The number of carbonyl (C=O) groups is 1. The smallest absolute Gasteiger partial charge is 0.361 e. The maximum atomic E-state index is 10.4. The van der Waals surface area contributed by atoms with Crippen LogP contribution in [0.3, 0.4) is 0 Å². The highest BCUT2D eigenvalue weighted by atomic mass is 16.7. The van der Waals surface area contributed by atoms with Crippen LogP contribution in [0.5, 0.6) is 0 Å². The summed E-state index contributed by atoms with van der Waals surface area (Å²) in [6.45, 7) is 2.59. The molecule has 5 heteroatoms. The van der Waals surface area contributed by atoms with Crippen LogP contribution >= 0.6 is 0 Å². The first-order chi connectivity index (χ1) is 5.72. The van der Waals surface area contributed by atoms with E-state index >= 15 is 0 Å². The number of aliphatic carboxylic acids is 1. The van der Waals surface area contributed by atoms with E-state index in [2.05, 4.69) is 4.74 Å². The van der Waals surface area contributed by atoms with Crippen molar-refractivity contribution in [2.24, 2.45) is 0 Å². The van der Waals surface area contributed by atoms with Crippen LogP contribution in [0.4, 0.5) is 0 Å². The number of methoxy groups -OCH3 is 1. The number of ether oxygens (including phenoxy) is 3. The van der Waals surface area contributed by atoms with Crippen LogP contribution in [-0.4, -0.2) is 44.3 Å². The van der Waals surface area contributed by atoms with Crippen molar-refractivity contribution < 1.29 is 24.1 Å². The van der Waals surface area contributed by atoms with Crippen molar-refractivity contribution in [3.05, 3.63) is 0 Å². The summed E-state index contributed by atoms with van der Waals surface area (Å²) >= 11 is 0. The van der Waals surface area contributed by atoms with Gasteiger partial charge in [0.05, 0.1) is 13.2 Å². The second-order valence-electron chi connectivity index (χ2n) is 1.99. The van der Waals surface area contributed by atoms with Gasteiger partial charge in [0.1, 0.15) is 0 Å². The Labute approximate surface area is 71.2 Å². The summed E-state index contributed by atoms with van der Waals surface area (Å²) in [5.74, 6) is -1.12. The van der Waals surface area contributed by atoms with Crippen molar-refractivity contribution >= 4 is 5.97 Å². The summed E-state index contributed by atoms with van der Waals surface area (Å²) in [7, 11) is 1.51. The van der Waals surface area contributed by atoms with E-state index in [4.69, 9.17) is 14.6 Å². The molecule has 72 valence electrons. The molecule has 0 saturated carbocycles. The summed E-state index contributed by atoms with van der Waals surface area (Å²) < 4.78 is 14.3. The van der Waals surface area contributed by atoms with Crippen LogP contribution in [-0.2, 0) is 19.0 Å². The number of carboxylic acid groups (broad SMARTS) is 1. The van der Waals surface area contributed by atoms with E-state index in [-0.39, 0.29) is 6.61 Å². The summed E-state index contributed by atoms with van der Waals surface area (Å²) in [6, 6.07) is 0. The highest BCUT2D eigenvalue weighted by Crippen LogP contribution is 1.94. The van der Waals surface area contributed by atoms with Gasteiger partial charge in [-0.3, -0.25) is 0 Å². The average molecular weight is 178 g/mol. The van der Waals surface area contributed by atoms with E-state index in [1.807, 2.05) is 0 Å². The molecular weight excluding hydrogens is 164 g/mol. The summed E-state index contributed by atoms with van der Waals surface area (Å²) in [4.78, 5) is 10.4. The van der Waals surface area contributed by atoms with Crippen LogP contribution in [0.25, 0.3) is 0 Å². The third-order valence-corrected chi connectivity index (χ3v) is 1.08. The van der Waals surface area contributed by atoms with E-state index in [0.29, 0.717) is 13.2 Å². The molecule has 0 aliphatic carbocycles. The van der Waals surface area contributed by atoms with Gasteiger partial charge in [0.15, 0.2) is 0 Å². The Balaban J connectivity index is 3.56. The lowest BCUT2D eigenvalue weighted by Crippen LogP contribution is -2.28. The summed E-state index contributed by atoms with van der Waals surface area (Å²) in [5.41, 5.74) is 0. The van der Waals surface area contributed by atoms with E-state index in [0.717, 1.165) is 0 Å². The molecule has 0 aromatic carbocycles. The lowest BCUT2D eigenvalue weighted by Gasteiger charge is -2.12. The van der Waals surface area contributed by atoms with E-state index < -0.39 is 12.3 Å². The molecule has 5 nitrogen and oxygen atoms in total. The van der Waals surface area contributed by atoms with Crippen molar-refractivity contribution in [3.63, 3.8) is 0 Å². The molecule has 0 aromatic heterocycles. The number of carboxylic acids is 1. The fourth-order valence-electron chi connectivity index (χ4n) is 0.581. The third-order valence-electron chi connectivity index (χ3n) is 1.08. The van der Waals surface area contributed by atoms with Gasteiger partial charge in [0, 0.05) is 13.7 Å². The molecule has 0 amide bonds. The zero-order valence-electron chi connectivity index (χ0n) is 7.28. The Bertz CT molecular complexity index is 125. The predicted molar refractivity (Wildman–Crippen MR) is 40.9 cm³/mol. The van der Waals surface area contributed by atoms with Gasteiger partial charge in [-0.15, -0.1) is 0 Å². The quantitative estimate of drug-likeness (QED) is 0.442. The van der Waals surface area contributed by atoms with Crippen molar-refractivity contribution in [2.75, 3.05) is 26.9 Å². The van der Waals surface area contributed by atoms with E-state index in [9.17, 15) is 4.79 Å². The molecule has 0 aliphatic rings. The van der Waals surface area contributed by atoms with Crippen molar-refractivity contribution in [1.29, 1.82) is 0 Å². The maximum absolute atomic E-state index is 10.4. The van der Waals surface area contributed by atoms with Gasteiger partial charge in [-0.25, -0.2) is 4.79 Å². The highest BCUT2D eigenvalue weighted by Gasteiger charge is 2.16. The third kappa shape index (κ3) is 5.06. The minimum Gasteiger partial charge on any atom is -0.477 e. The largest absolute Gasteiger partial charge is 0.477 e.